The highest BCUT2D eigenvalue weighted by atomic mass is 16.4. The van der Waals surface area contributed by atoms with E-state index in [4.69, 9.17) is 10.2 Å². The number of aliphatic hydroxyl groups is 1. The van der Waals surface area contributed by atoms with Crippen LogP contribution in [0.1, 0.15) is 18.5 Å². The standard InChI is InChI=1S/C13H15NO4/c1-9(10-6-4-3-5-7-10)14(2)12(16)8-11(15)13(17)18/h3-9,15H,1-2H3,(H,17,18)/b11-8-/t9-/m0/s1. The van der Waals surface area contributed by atoms with Crippen molar-refractivity contribution in [2.75, 3.05) is 7.05 Å². The summed E-state index contributed by atoms with van der Waals surface area (Å²) in [6.45, 7) is 1.82. The van der Waals surface area contributed by atoms with Gasteiger partial charge < -0.3 is 15.1 Å². The Morgan fingerprint density at radius 1 is 1.22 bits per heavy atom. The highest BCUT2D eigenvalue weighted by Crippen LogP contribution is 2.18. The number of carbonyl (C=O) groups is 2. The third-order valence-corrected chi connectivity index (χ3v) is 2.69. The topological polar surface area (TPSA) is 77.8 Å². The van der Waals surface area contributed by atoms with Crippen molar-refractivity contribution >= 4 is 11.9 Å². The molecule has 1 rings (SSSR count). The SMILES string of the molecule is C[C@@H](c1ccccc1)N(C)C(=O)/C=C(\O)C(=O)O. The molecule has 0 radical (unpaired) electrons. The van der Waals surface area contributed by atoms with Gasteiger partial charge in [-0.15, -0.1) is 0 Å². The predicted molar refractivity (Wildman–Crippen MR) is 66.0 cm³/mol. The van der Waals surface area contributed by atoms with Crippen LogP contribution in [0.4, 0.5) is 0 Å². The van der Waals surface area contributed by atoms with E-state index in [1.54, 1.807) is 7.05 Å². The average Bonchev–Trinajstić information content (AvgIpc) is 2.37. The summed E-state index contributed by atoms with van der Waals surface area (Å²) in [7, 11) is 1.55. The van der Waals surface area contributed by atoms with E-state index in [2.05, 4.69) is 0 Å². The Kier molecular flexibility index (Phi) is 4.48. The molecule has 5 nitrogen and oxygen atoms in total. The summed E-state index contributed by atoms with van der Waals surface area (Å²) in [5.41, 5.74) is 0.927. The lowest BCUT2D eigenvalue weighted by Gasteiger charge is -2.24. The molecule has 5 heteroatoms. The summed E-state index contributed by atoms with van der Waals surface area (Å²) in [5.74, 6) is -3.05. The van der Waals surface area contributed by atoms with Gasteiger partial charge in [0.2, 0.25) is 5.76 Å². The molecule has 0 aliphatic rings. The van der Waals surface area contributed by atoms with Crippen LogP contribution < -0.4 is 0 Å². The molecule has 1 aromatic rings. The summed E-state index contributed by atoms with van der Waals surface area (Å²) in [4.78, 5) is 23.5. The zero-order chi connectivity index (χ0) is 13.7. The van der Waals surface area contributed by atoms with Gasteiger partial charge >= 0.3 is 5.97 Å². The van der Waals surface area contributed by atoms with Crippen molar-refractivity contribution in [2.24, 2.45) is 0 Å². The summed E-state index contributed by atoms with van der Waals surface area (Å²) in [5, 5.41) is 17.5. The fraction of sp³-hybridized carbons (Fsp3) is 0.231. The Balaban J connectivity index is 2.82. The molecule has 0 spiro atoms. The Labute approximate surface area is 105 Å². The van der Waals surface area contributed by atoms with Crippen molar-refractivity contribution in [2.45, 2.75) is 13.0 Å². The molecule has 0 saturated heterocycles. The van der Waals surface area contributed by atoms with Crippen LogP contribution >= 0.6 is 0 Å². The second-order valence-corrected chi connectivity index (χ2v) is 3.87. The number of hydrogen-bond donors (Lipinski definition) is 2. The van der Waals surface area contributed by atoms with Crippen LogP contribution in [0.2, 0.25) is 0 Å². The van der Waals surface area contributed by atoms with E-state index in [1.807, 2.05) is 37.3 Å². The van der Waals surface area contributed by atoms with Gasteiger partial charge in [0, 0.05) is 7.05 Å². The number of rotatable bonds is 4. The molecule has 0 saturated carbocycles. The highest BCUT2D eigenvalue weighted by Gasteiger charge is 2.17. The molecule has 2 N–H and O–H groups in total. The van der Waals surface area contributed by atoms with Crippen LogP contribution in [-0.2, 0) is 9.59 Å². The Morgan fingerprint density at radius 2 is 1.78 bits per heavy atom. The number of amides is 1. The van der Waals surface area contributed by atoms with Gasteiger partial charge in [-0.25, -0.2) is 4.79 Å². The number of carboxylic acid groups (broad SMARTS) is 1. The van der Waals surface area contributed by atoms with E-state index in [9.17, 15) is 9.59 Å². The maximum absolute atomic E-state index is 11.7. The molecule has 0 unspecified atom stereocenters. The Hall–Kier alpha value is -2.30. The fourth-order valence-corrected chi connectivity index (χ4v) is 1.43. The minimum Gasteiger partial charge on any atom is -0.502 e. The van der Waals surface area contributed by atoms with E-state index in [1.165, 1.54) is 4.90 Å². The van der Waals surface area contributed by atoms with Gasteiger partial charge in [0.1, 0.15) is 0 Å². The first-order valence-electron chi connectivity index (χ1n) is 5.39. The maximum Gasteiger partial charge on any atom is 0.371 e. The van der Waals surface area contributed by atoms with Crippen LogP contribution in [-0.4, -0.2) is 34.0 Å². The molecular weight excluding hydrogens is 234 g/mol. The number of likely N-dealkylation sites (N-methyl/N-ethyl adjacent to an activating group) is 1. The smallest absolute Gasteiger partial charge is 0.371 e. The van der Waals surface area contributed by atoms with Gasteiger partial charge in [0.15, 0.2) is 0 Å². The van der Waals surface area contributed by atoms with Crippen molar-refractivity contribution < 1.29 is 19.8 Å². The largest absolute Gasteiger partial charge is 0.502 e. The van der Waals surface area contributed by atoms with E-state index < -0.39 is 17.6 Å². The molecule has 0 fully saturated rings. The quantitative estimate of drug-likeness (QED) is 0.629. The number of hydrogen-bond acceptors (Lipinski definition) is 3. The van der Waals surface area contributed by atoms with Gasteiger partial charge in [0.25, 0.3) is 5.91 Å². The normalized spacial score (nSPS) is 12.9. The van der Waals surface area contributed by atoms with Crippen LogP contribution in [0, 0.1) is 0 Å². The molecule has 96 valence electrons. The molecule has 1 amide bonds. The lowest BCUT2D eigenvalue weighted by molar-refractivity contribution is -0.136. The van der Waals surface area contributed by atoms with Gasteiger partial charge in [-0.05, 0) is 12.5 Å². The average molecular weight is 249 g/mol. The van der Waals surface area contributed by atoms with Gasteiger partial charge in [0.05, 0.1) is 12.1 Å². The van der Waals surface area contributed by atoms with Gasteiger partial charge in [-0.3, -0.25) is 4.79 Å². The first kappa shape index (κ1) is 13.8. The summed E-state index contributed by atoms with van der Waals surface area (Å²) < 4.78 is 0. The predicted octanol–water partition coefficient (Wildman–Crippen LogP) is 1.73. The number of carbonyl (C=O) groups excluding carboxylic acids is 1. The van der Waals surface area contributed by atoms with Crippen molar-refractivity contribution in [1.82, 2.24) is 4.90 Å². The second-order valence-electron chi connectivity index (χ2n) is 3.87. The van der Waals surface area contributed by atoms with Crippen LogP contribution in [0.25, 0.3) is 0 Å². The minimum absolute atomic E-state index is 0.212. The van der Waals surface area contributed by atoms with Crippen LogP contribution in [0.5, 0.6) is 0 Å². The number of nitrogens with zero attached hydrogens (tertiary/aromatic N) is 1. The monoisotopic (exact) mass is 249 g/mol. The fourth-order valence-electron chi connectivity index (χ4n) is 1.43. The van der Waals surface area contributed by atoms with E-state index in [-0.39, 0.29) is 6.04 Å². The summed E-state index contributed by atoms with van der Waals surface area (Å²) in [6, 6.07) is 9.11. The van der Waals surface area contributed by atoms with Crippen molar-refractivity contribution in [1.29, 1.82) is 0 Å². The molecule has 0 aliphatic heterocycles. The second kappa shape index (κ2) is 5.86. The van der Waals surface area contributed by atoms with E-state index in [0.717, 1.165) is 5.56 Å². The Morgan fingerprint density at radius 3 is 2.28 bits per heavy atom. The maximum atomic E-state index is 11.7. The van der Waals surface area contributed by atoms with Gasteiger partial charge in [-0.1, -0.05) is 30.3 Å². The summed E-state index contributed by atoms with van der Waals surface area (Å²) >= 11 is 0. The van der Waals surface area contributed by atoms with Crippen molar-refractivity contribution in [3.05, 3.63) is 47.7 Å². The van der Waals surface area contributed by atoms with Crippen molar-refractivity contribution in [3.63, 3.8) is 0 Å². The number of aliphatic carboxylic acids is 1. The van der Waals surface area contributed by atoms with Crippen LogP contribution in [0.15, 0.2) is 42.2 Å². The number of carboxylic acids is 1. The zero-order valence-electron chi connectivity index (χ0n) is 10.2. The molecule has 1 aromatic carbocycles. The molecule has 1 atom stereocenters. The third-order valence-electron chi connectivity index (χ3n) is 2.69. The van der Waals surface area contributed by atoms with E-state index >= 15 is 0 Å². The molecule has 18 heavy (non-hydrogen) atoms. The highest BCUT2D eigenvalue weighted by molar-refractivity contribution is 5.96. The molecular formula is C13H15NO4. The zero-order valence-corrected chi connectivity index (χ0v) is 10.2. The molecule has 0 heterocycles. The van der Waals surface area contributed by atoms with Crippen LogP contribution in [0.3, 0.4) is 0 Å². The first-order valence-corrected chi connectivity index (χ1v) is 5.39. The van der Waals surface area contributed by atoms with Crippen molar-refractivity contribution in [3.8, 4) is 0 Å². The minimum atomic E-state index is -1.52. The Bertz CT molecular complexity index is 467. The van der Waals surface area contributed by atoms with E-state index in [0.29, 0.717) is 6.08 Å². The number of aliphatic hydroxyl groups excluding tert-OH is 1. The lowest BCUT2D eigenvalue weighted by Crippen LogP contribution is -2.28. The third kappa shape index (κ3) is 3.35. The molecule has 0 bridgehead atoms. The number of benzene rings is 1. The first-order chi connectivity index (χ1) is 8.43. The summed E-state index contributed by atoms with van der Waals surface area (Å²) in [6.07, 6.45) is 0.696. The lowest BCUT2D eigenvalue weighted by atomic mass is 10.1. The molecule has 0 aliphatic carbocycles. The van der Waals surface area contributed by atoms with Gasteiger partial charge in [-0.2, -0.15) is 0 Å². The molecule has 0 aromatic heterocycles.